The van der Waals surface area contributed by atoms with Crippen LogP contribution in [0.15, 0.2) is 255 Å². The van der Waals surface area contributed by atoms with E-state index >= 15 is 0 Å². The predicted molar refractivity (Wildman–Crippen MR) is 264 cm³/mol. The number of rotatable bonds is 8. The van der Waals surface area contributed by atoms with Crippen LogP contribution in [0.1, 0.15) is 29.1 Å². The van der Waals surface area contributed by atoms with E-state index in [2.05, 4.69) is 162 Å². The number of aromatic nitrogens is 1. The third-order valence-corrected chi connectivity index (χ3v) is 12.8. The molecule has 0 amide bonds. The molecule has 12 rings (SSSR count). The fourth-order valence-electron chi connectivity index (χ4n) is 10.0. The molecule has 2 nitrogen and oxygen atoms in total. The molecule has 1 aliphatic rings. The molecule has 0 saturated heterocycles. The van der Waals surface area contributed by atoms with Crippen LogP contribution in [0.2, 0.25) is 0 Å². The lowest BCUT2D eigenvalue weighted by Crippen LogP contribution is -2.28. The van der Waals surface area contributed by atoms with E-state index < -0.39 is 23.5 Å². The van der Waals surface area contributed by atoms with E-state index in [0.717, 1.165) is 55.3 Å². The van der Waals surface area contributed by atoms with E-state index in [4.69, 9.17) is 4.11 Å². The van der Waals surface area contributed by atoms with Gasteiger partial charge in [0.05, 0.1) is 23.3 Å². The highest BCUT2D eigenvalue weighted by Crippen LogP contribution is 2.56. The van der Waals surface area contributed by atoms with Gasteiger partial charge in [0.1, 0.15) is 0 Å². The summed E-state index contributed by atoms with van der Waals surface area (Å²) < 4.78 is 46.9. The average Bonchev–Trinajstić information content (AvgIpc) is 3.89. The number of hydrogen-bond donors (Lipinski definition) is 0. The molecule has 0 spiro atoms. The Morgan fingerprint density at radius 2 is 0.841 bits per heavy atom. The van der Waals surface area contributed by atoms with E-state index in [1.54, 1.807) is 0 Å². The van der Waals surface area contributed by atoms with Gasteiger partial charge < -0.3 is 9.47 Å². The SMILES string of the molecule is [2H]c1c([2H])c([2H])c(N(c2ccc(-c3ccc(-c4ccccc4)cc3)cc2)c2ccc3c(c2)c2cc(C4(c5ccccc5)c5ccccc5-c5ccccc54)ccc2n3-c2ccccc2)c([2H])c1[2H]. The van der Waals surface area contributed by atoms with Gasteiger partial charge in [-0.25, -0.2) is 0 Å². The summed E-state index contributed by atoms with van der Waals surface area (Å²) in [4.78, 5) is 1.81. The molecule has 0 saturated carbocycles. The molecule has 1 aromatic heterocycles. The number of fused-ring (bicyclic) bond motifs is 6. The van der Waals surface area contributed by atoms with Crippen LogP contribution in [-0.2, 0) is 5.41 Å². The van der Waals surface area contributed by atoms with E-state index in [-0.39, 0.29) is 17.8 Å². The van der Waals surface area contributed by atoms with Gasteiger partial charge in [0, 0.05) is 33.5 Å². The summed E-state index contributed by atoms with van der Waals surface area (Å²) in [6, 6.07) is 76.7. The van der Waals surface area contributed by atoms with Crippen LogP contribution in [0.4, 0.5) is 17.1 Å². The van der Waals surface area contributed by atoms with Gasteiger partial charge in [0.25, 0.3) is 0 Å². The van der Waals surface area contributed by atoms with Crippen molar-refractivity contribution >= 4 is 38.9 Å². The van der Waals surface area contributed by atoms with Gasteiger partial charge in [-0.05, 0) is 122 Å². The first-order valence-corrected chi connectivity index (χ1v) is 21.3. The van der Waals surface area contributed by atoms with Crippen molar-refractivity contribution in [3.63, 3.8) is 0 Å². The zero-order valence-corrected chi connectivity index (χ0v) is 34.3. The maximum atomic E-state index is 9.27. The first-order valence-electron chi connectivity index (χ1n) is 23.8. The molecular weight excluding hydrogens is 761 g/mol. The van der Waals surface area contributed by atoms with Gasteiger partial charge in [-0.2, -0.15) is 0 Å². The Morgan fingerprint density at radius 3 is 1.46 bits per heavy atom. The van der Waals surface area contributed by atoms with Crippen LogP contribution in [0.3, 0.4) is 0 Å². The van der Waals surface area contributed by atoms with Crippen molar-refractivity contribution in [1.82, 2.24) is 4.57 Å². The van der Waals surface area contributed by atoms with Gasteiger partial charge in [-0.1, -0.05) is 188 Å². The maximum absolute atomic E-state index is 9.27. The second kappa shape index (κ2) is 15.1. The molecule has 296 valence electrons. The standard InChI is InChI=1S/C61H42N2/c1-5-17-43(18-6-1)44-29-31-45(32-30-44)46-33-36-51(37-34-46)62(49-21-9-3-10-22-49)52-38-40-60-56(42-52)55-41-48(35-39-59(55)63(60)50-23-11-4-12-24-50)61(47-19-7-2-8-20-47)57-27-15-13-25-53(57)54-26-14-16-28-58(54)61/h1-42H/i3D,9D,10D,21D,22D. The second-order valence-corrected chi connectivity index (χ2v) is 16.1. The highest BCUT2D eigenvalue weighted by atomic mass is 15.1. The third-order valence-electron chi connectivity index (χ3n) is 12.8. The zero-order valence-electron chi connectivity index (χ0n) is 39.3. The van der Waals surface area contributed by atoms with Crippen LogP contribution in [0.25, 0.3) is 60.9 Å². The van der Waals surface area contributed by atoms with Crippen molar-refractivity contribution < 1.29 is 6.85 Å². The summed E-state index contributed by atoms with van der Waals surface area (Å²) in [6.45, 7) is 0. The summed E-state index contributed by atoms with van der Waals surface area (Å²) in [6.07, 6.45) is 0. The Kier molecular flexibility index (Phi) is 7.56. The molecular formula is C61H42N2. The second-order valence-electron chi connectivity index (χ2n) is 16.1. The monoisotopic (exact) mass is 807 g/mol. The van der Waals surface area contributed by atoms with Gasteiger partial charge in [0.2, 0.25) is 0 Å². The van der Waals surface area contributed by atoms with E-state index in [0.29, 0.717) is 11.4 Å². The van der Waals surface area contributed by atoms with Crippen LogP contribution in [0, 0.1) is 0 Å². The topological polar surface area (TPSA) is 8.17 Å². The lowest BCUT2D eigenvalue weighted by molar-refractivity contribution is 0.770. The molecule has 0 bridgehead atoms. The predicted octanol–water partition coefficient (Wildman–Crippen LogP) is 16.0. The van der Waals surface area contributed by atoms with Gasteiger partial charge >= 0.3 is 0 Å². The smallest absolute Gasteiger partial charge is 0.0713 e. The molecule has 0 fully saturated rings. The summed E-state index contributed by atoms with van der Waals surface area (Å²) >= 11 is 0. The minimum atomic E-state index is -0.621. The molecule has 10 aromatic carbocycles. The zero-order chi connectivity index (χ0) is 46.1. The van der Waals surface area contributed by atoms with E-state index in [1.165, 1.54) is 27.8 Å². The van der Waals surface area contributed by atoms with E-state index in [1.807, 2.05) is 71.6 Å². The van der Waals surface area contributed by atoms with Crippen molar-refractivity contribution in [2.24, 2.45) is 0 Å². The quantitative estimate of drug-likeness (QED) is 0.148. The lowest BCUT2D eigenvalue weighted by Gasteiger charge is -2.34. The van der Waals surface area contributed by atoms with Crippen molar-refractivity contribution in [2.45, 2.75) is 5.41 Å². The molecule has 1 aliphatic carbocycles. The summed E-state index contributed by atoms with van der Waals surface area (Å²) in [5.41, 5.74) is 15.3. The number of hydrogen-bond acceptors (Lipinski definition) is 1. The average molecular weight is 808 g/mol. The summed E-state index contributed by atoms with van der Waals surface area (Å²) in [7, 11) is 0. The van der Waals surface area contributed by atoms with E-state index in [9.17, 15) is 2.74 Å². The minimum absolute atomic E-state index is 0.0741. The molecule has 0 radical (unpaired) electrons. The molecule has 63 heavy (non-hydrogen) atoms. The minimum Gasteiger partial charge on any atom is -0.310 e. The van der Waals surface area contributed by atoms with Crippen LogP contribution in [0.5, 0.6) is 0 Å². The summed E-state index contributed by atoms with van der Waals surface area (Å²) in [5.74, 6) is 0. The number of para-hydroxylation sites is 2. The Labute approximate surface area is 375 Å². The Hall–Kier alpha value is -8.20. The first-order chi connectivity index (χ1) is 33.3. The van der Waals surface area contributed by atoms with Crippen molar-refractivity contribution in [2.75, 3.05) is 4.90 Å². The number of anilines is 3. The Balaban J connectivity index is 1.09. The van der Waals surface area contributed by atoms with Gasteiger partial charge in [-0.15, -0.1) is 0 Å². The highest BCUT2D eigenvalue weighted by Gasteiger charge is 2.46. The van der Waals surface area contributed by atoms with Crippen LogP contribution < -0.4 is 4.90 Å². The number of benzene rings is 10. The normalized spacial score (nSPS) is 13.7. The van der Waals surface area contributed by atoms with Crippen LogP contribution >= 0.6 is 0 Å². The number of nitrogens with zero attached hydrogens (tertiary/aromatic N) is 2. The largest absolute Gasteiger partial charge is 0.310 e. The van der Waals surface area contributed by atoms with Gasteiger partial charge in [0.15, 0.2) is 0 Å². The summed E-state index contributed by atoms with van der Waals surface area (Å²) in [5, 5.41) is 1.98. The molecule has 2 heteroatoms. The molecule has 0 atom stereocenters. The highest BCUT2D eigenvalue weighted by molar-refractivity contribution is 6.11. The fraction of sp³-hybridized carbons (Fsp3) is 0.0164. The molecule has 11 aromatic rings. The van der Waals surface area contributed by atoms with Crippen molar-refractivity contribution in [1.29, 1.82) is 0 Å². The molecule has 0 N–H and O–H groups in total. The lowest BCUT2D eigenvalue weighted by atomic mass is 9.67. The molecule has 1 heterocycles. The van der Waals surface area contributed by atoms with Crippen molar-refractivity contribution in [3.8, 4) is 39.1 Å². The van der Waals surface area contributed by atoms with Gasteiger partial charge in [-0.3, -0.25) is 0 Å². The fourth-order valence-corrected chi connectivity index (χ4v) is 10.0. The Morgan fingerprint density at radius 1 is 0.365 bits per heavy atom. The van der Waals surface area contributed by atoms with Crippen molar-refractivity contribution in [3.05, 3.63) is 277 Å². The Bertz CT molecular complexity index is 3640. The van der Waals surface area contributed by atoms with Crippen LogP contribution in [-0.4, -0.2) is 4.57 Å². The maximum Gasteiger partial charge on any atom is 0.0713 e. The third kappa shape index (κ3) is 5.95. The molecule has 0 aliphatic heterocycles. The molecule has 0 unspecified atom stereocenters. The first kappa shape index (κ1) is 31.6.